The number of aromatic nitrogens is 1. The minimum atomic E-state index is -0.149. The fourth-order valence-electron chi connectivity index (χ4n) is 4.13. The minimum Gasteiger partial charge on any atom is -0.375 e. The highest BCUT2D eigenvalue weighted by molar-refractivity contribution is 5.96. The van der Waals surface area contributed by atoms with E-state index >= 15 is 0 Å². The number of carbonyl (C=O) groups is 2. The Balaban J connectivity index is 1.95. The van der Waals surface area contributed by atoms with Gasteiger partial charge in [-0.05, 0) is 30.5 Å². The molecule has 0 atom stereocenters. The van der Waals surface area contributed by atoms with Crippen molar-refractivity contribution in [1.82, 2.24) is 9.47 Å². The number of aryl methyl sites for hydroxylation is 1. The van der Waals surface area contributed by atoms with Gasteiger partial charge in [-0.15, -0.1) is 0 Å². The zero-order valence-corrected chi connectivity index (χ0v) is 19.1. The molecule has 0 saturated heterocycles. The first-order valence-electron chi connectivity index (χ1n) is 11.3. The SMILES string of the molecule is COCC(=O)N1CCCCCCCCN(C(=O)c2ccc(=O)n(C)c2)Cc2ccccc21. The fourth-order valence-corrected chi connectivity index (χ4v) is 4.13. The van der Waals surface area contributed by atoms with Crippen molar-refractivity contribution < 1.29 is 14.3 Å². The number of carbonyl (C=O) groups excluding carboxylic acids is 2. The van der Waals surface area contributed by atoms with E-state index in [4.69, 9.17) is 4.74 Å². The predicted molar refractivity (Wildman–Crippen MR) is 125 cm³/mol. The van der Waals surface area contributed by atoms with Crippen molar-refractivity contribution in [2.75, 3.05) is 31.7 Å². The maximum Gasteiger partial charge on any atom is 0.255 e. The van der Waals surface area contributed by atoms with Crippen LogP contribution >= 0.6 is 0 Å². The molecule has 0 bridgehead atoms. The maximum absolute atomic E-state index is 13.4. The molecule has 1 aliphatic rings. The first-order chi connectivity index (χ1) is 15.5. The number of fused-ring (bicyclic) bond motifs is 1. The molecule has 7 nitrogen and oxygen atoms in total. The average molecular weight is 440 g/mol. The van der Waals surface area contributed by atoms with Gasteiger partial charge in [0.1, 0.15) is 6.61 Å². The Morgan fingerprint density at radius 2 is 1.62 bits per heavy atom. The summed E-state index contributed by atoms with van der Waals surface area (Å²) < 4.78 is 6.54. The molecule has 0 radical (unpaired) electrons. The number of rotatable bonds is 3. The Morgan fingerprint density at radius 1 is 0.938 bits per heavy atom. The van der Waals surface area contributed by atoms with Gasteiger partial charge >= 0.3 is 0 Å². The lowest BCUT2D eigenvalue weighted by atomic mass is 10.1. The Hall–Kier alpha value is -2.93. The van der Waals surface area contributed by atoms with Gasteiger partial charge in [0.15, 0.2) is 0 Å². The predicted octanol–water partition coefficient (Wildman–Crippen LogP) is 3.36. The van der Waals surface area contributed by atoms with Crippen molar-refractivity contribution in [3.63, 3.8) is 0 Å². The number of amides is 2. The molecule has 3 rings (SSSR count). The van der Waals surface area contributed by atoms with E-state index in [1.807, 2.05) is 29.2 Å². The molecule has 0 spiro atoms. The number of pyridine rings is 1. The topological polar surface area (TPSA) is 71.8 Å². The van der Waals surface area contributed by atoms with Crippen molar-refractivity contribution in [2.45, 2.75) is 45.1 Å². The number of ether oxygens (including phenoxy) is 1. The van der Waals surface area contributed by atoms with E-state index in [2.05, 4.69) is 0 Å². The van der Waals surface area contributed by atoms with Crippen molar-refractivity contribution in [3.05, 3.63) is 64.1 Å². The summed E-state index contributed by atoms with van der Waals surface area (Å²) in [5.74, 6) is -0.189. The van der Waals surface area contributed by atoms with Crippen LogP contribution in [0.25, 0.3) is 0 Å². The third-order valence-electron chi connectivity index (χ3n) is 5.89. The molecule has 7 heteroatoms. The van der Waals surface area contributed by atoms with Crippen LogP contribution in [-0.4, -0.2) is 48.1 Å². The van der Waals surface area contributed by atoms with E-state index in [-0.39, 0.29) is 24.0 Å². The lowest BCUT2D eigenvalue weighted by Gasteiger charge is -2.28. The summed E-state index contributed by atoms with van der Waals surface area (Å²) in [6.07, 6.45) is 7.80. The monoisotopic (exact) mass is 439 g/mol. The third kappa shape index (κ3) is 6.07. The molecule has 2 aromatic rings. The van der Waals surface area contributed by atoms with Crippen molar-refractivity contribution in [2.24, 2.45) is 7.05 Å². The van der Waals surface area contributed by atoms with Crippen LogP contribution in [0.15, 0.2) is 47.4 Å². The lowest BCUT2D eigenvalue weighted by molar-refractivity contribution is -0.122. The summed E-state index contributed by atoms with van der Waals surface area (Å²) in [4.78, 5) is 41.6. The number of benzene rings is 1. The summed E-state index contributed by atoms with van der Waals surface area (Å²) >= 11 is 0. The molecule has 172 valence electrons. The first-order valence-corrected chi connectivity index (χ1v) is 11.3. The zero-order chi connectivity index (χ0) is 22.9. The lowest BCUT2D eigenvalue weighted by Crippen LogP contribution is -2.37. The van der Waals surface area contributed by atoms with Gasteiger partial charge in [0.05, 0.1) is 5.56 Å². The normalized spacial score (nSPS) is 15.8. The number of methoxy groups -OCH3 is 1. The van der Waals surface area contributed by atoms with Crippen LogP contribution in [0.3, 0.4) is 0 Å². The van der Waals surface area contributed by atoms with Gasteiger partial charge in [0.2, 0.25) is 5.56 Å². The molecule has 0 saturated carbocycles. The van der Waals surface area contributed by atoms with E-state index < -0.39 is 0 Å². The van der Waals surface area contributed by atoms with Gasteiger partial charge in [-0.2, -0.15) is 0 Å². The molecule has 0 unspecified atom stereocenters. The highest BCUT2D eigenvalue weighted by atomic mass is 16.5. The van der Waals surface area contributed by atoms with Crippen molar-refractivity contribution >= 4 is 17.5 Å². The largest absolute Gasteiger partial charge is 0.375 e. The molecule has 2 amide bonds. The molecular weight excluding hydrogens is 406 g/mol. The summed E-state index contributed by atoms with van der Waals surface area (Å²) in [5.41, 5.74) is 2.09. The van der Waals surface area contributed by atoms with Gasteiger partial charge in [-0.1, -0.05) is 43.9 Å². The summed E-state index contributed by atoms with van der Waals surface area (Å²) in [6.45, 7) is 1.68. The Kier molecular flexibility index (Phi) is 8.62. The van der Waals surface area contributed by atoms with Gasteiger partial charge in [0, 0.05) is 51.7 Å². The number of nitrogens with zero attached hydrogens (tertiary/aromatic N) is 3. The molecule has 1 aromatic heterocycles. The highest BCUT2D eigenvalue weighted by Crippen LogP contribution is 2.25. The Morgan fingerprint density at radius 3 is 2.34 bits per heavy atom. The molecular formula is C25H33N3O4. The van der Waals surface area contributed by atoms with Gasteiger partial charge in [-0.3, -0.25) is 14.4 Å². The van der Waals surface area contributed by atoms with E-state index in [1.54, 1.807) is 24.2 Å². The third-order valence-corrected chi connectivity index (χ3v) is 5.89. The molecule has 2 heterocycles. The van der Waals surface area contributed by atoms with Crippen molar-refractivity contribution in [3.8, 4) is 0 Å². The van der Waals surface area contributed by atoms with Crippen LogP contribution in [0.5, 0.6) is 0 Å². The fraction of sp³-hybridized carbons (Fsp3) is 0.480. The van der Waals surface area contributed by atoms with Gasteiger partial charge < -0.3 is 19.1 Å². The quantitative estimate of drug-likeness (QED) is 0.735. The zero-order valence-electron chi connectivity index (χ0n) is 19.1. The smallest absolute Gasteiger partial charge is 0.255 e. The van der Waals surface area contributed by atoms with E-state index in [0.29, 0.717) is 25.2 Å². The number of anilines is 1. The molecule has 0 aliphatic carbocycles. The molecule has 32 heavy (non-hydrogen) atoms. The summed E-state index contributed by atoms with van der Waals surface area (Å²) in [6, 6.07) is 10.8. The van der Waals surface area contributed by atoms with E-state index in [1.165, 1.54) is 17.7 Å². The molecule has 1 aromatic carbocycles. The van der Waals surface area contributed by atoms with Crippen LogP contribution in [0, 0.1) is 0 Å². The van der Waals surface area contributed by atoms with E-state index in [9.17, 15) is 14.4 Å². The first kappa shape index (κ1) is 23.7. The number of hydrogen-bond donors (Lipinski definition) is 0. The van der Waals surface area contributed by atoms with Crippen molar-refractivity contribution in [1.29, 1.82) is 0 Å². The van der Waals surface area contributed by atoms with E-state index in [0.717, 1.165) is 49.8 Å². The Labute approximate surface area is 189 Å². The summed E-state index contributed by atoms with van der Waals surface area (Å²) in [7, 11) is 3.17. The maximum atomic E-state index is 13.4. The highest BCUT2D eigenvalue weighted by Gasteiger charge is 2.22. The molecule has 0 fully saturated rings. The van der Waals surface area contributed by atoms with Crippen LogP contribution < -0.4 is 10.5 Å². The molecule has 1 aliphatic heterocycles. The van der Waals surface area contributed by atoms with Gasteiger partial charge in [-0.25, -0.2) is 0 Å². The number of para-hydroxylation sites is 1. The molecule has 0 N–H and O–H groups in total. The van der Waals surface area contributed by atoms with Gasteiger partial charge in [0.25, 0.3) is 11.8 Å². The second-order valence-electron chi connectivity index (χ2n) is 8.32. The second-order valence-corrected chi connectivity index (χ2v) is 8.32. The van der Waals surface area contributed by atoms with Crippen LogP contribution in [0.2, 0.25) is 0 Å². The standard InChI is InChI=1S/C25H33N3O4/c1-26-17-21(13-14-23(26)29)25(31)27-15-9-5-3-4-6-10-16-28(24(30)19-32-2)22-12-8-7-11-20(22)18-27/h7-8,11-14,17H,3-6,9-10,15-16,18-19H2,1-2H3. The average Bonchev–Trinajstić information content (AvgIpc) is 2.80. The van der Waals surface area contributed by atoms with Crippen LogP contribution in [0.4, 0.5) is 5.69 Å². The van der Waals surface area contributed by atoms with Crippen LogP contribution in [-0.2, 0) is 23.1 Å². The Bertz CT molecular complexity index is 985. The van der Waals surface area contributed by atoms with Crippen LogP contribution in [0.1, 0.15) is 54.4 Å². The minimum absolute atomic E-state index is 0.0228. The second kappa shape index (κ2) is 11.6. The summed E-state index contributed by atoms with van der Waals surface area (Å²) in [5, 5.41) is 0. The number of hydrogen-bond acceptors (Lipinski definition) is 4.